The Morgan fingerprint density at radius 1 is 1.29 bits per heavy atom. The van der Waals surface area contributed by atoms with Crippen molar-refractivity contribution >= 4 is 65.6 Å². The molecule has 1 amide bonds. The Balaban J connectivity index is 1.67. The molecule has 166 valence electrons. The van der Waals surface area contributed by atoms with Gasteiger partial charge in [0.25, 0.3) is 10.0 Å². The lowest BCUT2D eigenvalue weighted by molar-refractivity contribution is -0.121. The maximum Gasteiger partial charge on any atom is 0.253 e. The minimum Gasteiger partial charge on any atom is -0.308 e. The fourth-order valence-corrected chi connectivity index (χ4v) is 7.63. The number of carbonyl (C=O) groups excluding carboxylic acids is 1. The third-order valence-corrected chi connectivity index (χ3v) is 9.71. The monoisotopic (exact) mass is 498 g/mol. The van der Waals surface area contributed by atoms with Crippen LogP contribution in [0, 0.1) is 0 Å². The summed E-state index contributed by atoms with van der Waals surface area (Å²) in [5.74, 6) is -0.232. The van der Waals surface area contributed by atoms with Crippen LogP contribution >= 0.6 is 34.3 Å². The molecule has 1 unspecified atom stereocenters. The number of fused-ring (bicyclic) bond motifs is 1. The van der Waals surface area contributed by atoms with Gasteiger partial charge >= 0.3 is 0 Å². The largest absolute Gasteiger partial charge is 0.308 e. The molecule has 0 N–H and O–H groups in total. The number of rotatable bonds is 7. The molecular weight excluding hydrogens is 476 g/mol. The standard InChI is InChI=1S/C20H23ClN4O3S3/c1-23(2)10-11-24(20-22-15-8-7-14(21)13-17(15)30-20)19(26)16-5-3-9-25(16)31(27,28)18-6-4-12-29-18/h4,6-8,12-13,16H,3,5,9-11H2,1-2H3. The van der Waals surface area contributed by atoms with Crippen LogP contribution in [0.3, 0.4) is 0 Å². The molecule has 1 fully saturated rings. The zero-order valence-electron chi connectivity index (χ0n) is 17.2. The second-order valence-corrected chi connectivity index (χ2v) is 12.1. The van der Waals surface area contributed by atoms with Gasteiger partial charge in [-0.2, -0.15) is 4.31 Å². The fraction of sp³-hybridized carbons (Fsp3) is 0.400. The van der Waals surface area contributed by atoms with Crippen LogP contribution in [0.4, 0.5) is 5.13 Å². The van der Waals surface area contributed by atoms with E-state index in [1.165, 1.54) is 27.0 Å². The minimum absolute atomic E-state index is 0.232. The van der Waals surface area contributed by atoms with Gasteiger partial charge in [0.1, 0.15) is 10.3 Å². The Bertz CT molecular complexity index is 1180. The number of aromatic nitrogens is 1. The van der Waals surface area contributed by atoms with Crippen molar-refractivity contribution in [1.29, 1.82) is 0 Å². The van der Waals surface area contributed by atoms with Gasteiger partial charge in [-0.25, -0.2) is 13.4 Å². The van der Waals surface area contributed by atoms with Crippen molar-refractivity contribution in [1.82, 2.24) is 14.2 Å². The Labute approximate surface area is 194 Å². The summed E-state index contributed by atoms with van der Waals surface area (Å²) in [6.45, 7) is 1.39. The molecule has 1 aliphatic rings. The molecule has 31 heavy (non-hydrogen) atoms. The van der Waals surface area contributed by atoms with E-state index in [0.717, 1.165) is 10.2 Å². The Kier molecular flexibility index (Phi) is 6.66. The average molecular weight is 499 g/mol. The Hall–Kier alpha value is -1.56. The Morgan fingerprint density at radius 3 is 2.81 bits per heavy atom. The normalized spacial score (nSPS) is 17.6. The molecule has 1 aromatic carbocycles. The first-order valence-electron chi connectivity index (χ1n) is 9.85. The molecule has 1 aliphatic heterocycles. The van der Waals surface area contributed by atoms with E-state index in [-0.39, 0.29) is 10.1 Å². The number of nitrogens with zero attached hydrogens (tertiary/aromatic N) is 4. The molecule has 1 atom stereocenters. The first kappa shape index (κ1) is 22.6. The van der Waals surface area contributed by atoms with Gasteiger partial charge in [-0.1, -0.05) is 29.0 Å². The number of carbonyl (C=O) groups is 1. The van der Waals surface area contributed by atoms with Crippen molar-refractivity contribution in [3.05, 3.63) is 40.7 Å². The van der Waals surface area contributed by atoms with E-state index in [0.29, 0.717) is 42.6 Å². The smallest absolute Gasteiger partial charge is 0.253 e. The summed E-state index contributed by atoms with van der Waals surface area (Å²) in [6, 6.07) is 7.99. The summed E-state index contributed by atoms with van der Waals surface area (Å²) < 4.78 is 28.8. The van der Waals surface area contributed by atoms with Crippen LogP contribution in [-0.4, -0.2) is 68.3 Å². The van der Waals surface area contributed by atoms with Gasteiger partial charge in [0.15, 0.2) is 5.13 Å². The maximum absolute atomic E-state index is 13.7. The van der Waals surface area contributed by atoms with E-state index < -0.39 is 16.1 Å². The number of thiazole rings is 1. The van der Waals surface area contributed by atoms with Crippen molar-refractivity contribution < 1.29 is 13.2 Å². The van der Waals surface area contributed by atoms with Crippen molar-refractivity contribution in [2.24, 2.45) is 0 Å². The first-order valence-corrected chi connectivity index (χ1v) is 13.4. The molecule has 0 spiro atoms. The molecule has 11 heteroatoms. The average Bonchev–Trinajstić information content (AvgIpc) is 3.47. The highest BCUT2D eigenvalue weighted by molar-refractivity contribution is 7.91. The van der Waals surface area contributed by atoms with E-state index >= 15 is 0 Å². The lowest BCUT2D eigenvalue weighted by atomic mass is 10.2. The van der Waals surface area contributed by atoms with E-state index in [1.807, 2.05) is 31.1 Å². The van der Waals surface area contributed by atoms with Crippen LogP contribution in [0.5, 0.6) is 0 Å². The van der Waals surface area contributed by atoms with Gasteiger partial charge < -0.3 is 4.90 Å². The highest BCUT2D eigenvalue weighted by Crippen LogP contribution is 2.34. The topological polar surface area (TPSA) is 73.8 Å². The van der Waals surface area contributed by atoms with Crippen molar-refractivity contribution in [3.8, 4) is 0 Å². The van der Waals surface area contributed by atoms with E-state index in [9.17, 15) is 13.2 Å². The minimum atomic E-state index is -3.71. The van der Waals surface area contributed by atoms with Crippen molar-refractivity contribution in [2.45, 2.75) is 23.1 Å². The molecule has 0 radical (unpaired) electrons. The SMILES string of the molecule is CN(C)CCN(C(=O)C1CCCN1S(=O)(=O)c1cccs1)c1nc2ccc(Cl)cc2s1. The van der Waals surface area contributed by atoms with Gasteiger partial charge in [-0.3, -0.25) is 9.69 Å². The summed E-state index contributed by atoms with van der Waals surface area (Å²) in [6.07, 6.45) is 1.15. The Morgan fingerprint density at radius 2 is 2.10 bits per heavy atom. The highest BCUT2D eigenvalue weighted by atomic mass is 35.5. The predicted octanol–water partition coefficient (Wildman–Crippen LogP) is 3.76. The zero-order valence-corrected chi connectivity index (χ0v) is 20.4. The van der Waals surface area contributed by atoms with Gasteiger partial charge in [-0.15, -0.1) is 11.3 Å². The van der Waals surface area contributed by atoms with E-state index in [1.54, 1.807) is 28.5 Å². The van der Waals surface area contributed by atoms with Crippen LogP contribution in [0.25, 0.3) is 10.2 Å². The van der Waals surface area contributed by atoms with Gasteiger partial charge in [-0.05, 0) is 56.6 Å². The summed E-state index contributed by atoms with van der Waals surface area (Å²) >= 11 is 8.67. The molecule has 0 aliphatic carbocycles. The van der Waals surface area contributed by atoms with E-state index in [4.69, 9.17) is 11.6 Å². The van der Waals surface area contributed by atoms with E-state index in [2.05, 4.69) is 4.98 Å². The number of likely N-dealkylation sites (N-methyl/N-ethyl adjacent to an activating group) is 1. The third-order valence-electron chi connectivity index (χ3n) is 5.15. The number of sulfonamides is 1. The van der Waals surface area contributed by atoms with Gasteiger partial charge in [0.05, 0.1) is 10.2 Å². The molecule has 3 heterocycles. The van der Waals surface area contributed by atoms with Gasteiger partial charge in [0.2, 0.25) is 5.91 Å². The van der Waals surface area contributed by atoms with Gasteiger partial charge in [0, 0.05) is 24.7 Å². The van der Waals surface area contributed by atoms with Crippen LogP contribution in [-0.2, 0) is 14.8 Å². The third kappa shape index (κ3) is 4.64. The predicted molar refractivity (Wildman–Crippen MR) is 127 cm³/mol. The lowest BCUT2D eigenvalue weighted by Gasteiger charge is -2.29. The summed E-state index contributed by atoms with van der Waals surface area (Å²) in [5, 5.41) is 2.90. The number of amides is 1. The number of benzene rings is 1. The van der Waals surface area contributed by atoms with Crippen LogP contribution in [0.2, 0.25) is 5.02 Å². The highest BCUT2D eigenvalue weighted by Gasteiger charge is 2.42. The second-order valence-electron chi connectivity index (χ2n) is 7.61. The summed E-state index contributed by atoms with van der Waals surface area (Å²) in [4.78, 5) is 21.9. The summed E-state index contributed by atoms with van der Waals surface area (Å²) in [5.41, 5.74) is 0.765. The molecule has 4 rings (SSSR count). The van der Waals surface area contributed by atoms with Crippen LogP contribution in [0.1, 0.15) is 12.8 Å². The van der Waals surface area contributed by atoms with Crippen LogP contribution in [0.15, 0.2) is 39.9 Å². The number of hydrogen-bond donors (Lipinski definition) is 0. The quantitative estimate of drug-likeness (QED) is 0.496. The number of halogens is 1. The molecule has 3 aromatic rings. The first-order chi connectivity index (χ1) is 14.8. The number of thiophene rings is 1. The lowest BCUT2D eigenvalue weighted by Crippen LogP contribution is -2.49. The maximum atomic E-state index is 13.7. The fourth-order valence-electron chi connectivity index (χ4n) is 3.58. The molecule has 2 aromatic heterocycles. The zero-order chi connectivity index (χ0) is 22.2. The number of hydrogen-bond acceptors (Lipinski definition) is 7. The molecular formula is C20H23ClN4O3S3. The molecule has 0 saturated carbocycles. The second kappa shape index (κ2) is 9.13. The molecule has 1 saturated heterocycles. The molecule has 7 nitrogen and oxygen atoms in total. The summed E-state index contributed by atoms with van der Waals surface area (Å²) in [7, 11) is 0.162. The van der Waals surface area contributed by atoms with Crippen molar-refractivity contribution in [3.63, 3.8) is 0 Å². The van der Waals surface area contributed by atoms with Crippen LogP contribution < -0.4 is 4.90 Å². The van der Waals surface area contributed by atoms with Crippen molar-refractivity contribution in [2.75, 3.05) is 38.6 Å². The number of anilines is 1. The molecule has 0 bridgehead atoms.